The summed E-state index contributed by atoms with van der Waals surface area (Å²) >= 11 is 0. The minimum absolute atomic E-state index is 0.0500. The Labute approximate surface area is 123 Å². The molecule has 112 valence electrons. The maximum Gasteiger partial charge on any atom is 0.372 e. The molecule has 0 spiro atoms. The summed E-state index contributed by atoms with van der Waals surface area (Å²) in [6.07, 6.45) is 1.13. The highest BCUT2D eigenvalue weighted by molar-refractivity contribution is 5.95. The molecular formula is C16H19NO4. The van der Waals surface area contributed by atoms with E-state index in [4.69, 9.17) is 9.15 Å². The van der Waals surface area contributed by atoms with Gasteiger partial charge in [-0.15, -0.1) is 0 Å². The smallest absolute Gasteiger partial charge is 0.372 e. The fraction of sp³-hybridized carbons (Fsp3) is 0.438. The van der Waals surface area contributed by atoms with E-state index in [2.05, 4.69) is 4.90 Å². The van der Waals surface area contributed by atoms with Crippen LogP contribution in [0.2, 0.25) is 0 Å². The van der Waals surface area contributed by atoms with Gasteiger partial charge in [0.1, 0.15) is 5.58 Å². The number of benzene rings is 1. The van der Waals surface area contributed by atoms with Gasteiger partial charge in [-0.25, -0.2) is 4.79 Å². The summed E-state index contributed by atoms with van der Waals surface area (Å²) in [5, 5.41) is 10.2. The lowest BCUT2D eigenvalue weighted by Crippen LogP contribution is -2.30. The number of fused-ring (bicyclic) bond motifs is 1. The molecule has 0 saturated carbocycles. The van der Waals surface area contributed by atoms with Gasteiger partial charge >= 0.3 is 5.97 Å². The van der Waals surface area contributed by atoms with Gasteiger partial charge < -0.3 is 14.3 Å². The SMILES string of the molecule is CC1CN(Cc2c(C(=O)O)oc3ccccc23)CCCO1. The number of rotatable bonds is 3. The Kier molecular flexibility index (Phi) is 3.94. The summed E-state index contributed by atoms with van der Waals surface area (Å²) in [7, 11) is 0. The normalized spacial score (nSPS) is 20.5. The third kappa shape index (κ3) is 2.94. The topological polar surface area (TPSA) is 62.9 Å². The number of carboxylic acids is 1. The van der Waals surface area contributed by atoms with Crippen LogP contribution in [-0.4, -0.2) is 41.8 Å². The van der Waals surface area contributed by atoms with Gasteiger partial charge in [0.15, 0.2) is 0 Å². The molecule has 1 N–H and O–H groups in total. The Hall–Kier alpha value is -1.85. The van der Waals surface area contributed by atoms with Gasteiger partial charge in [0.05, 0.1) is 6.10 Å². The molecule has 1 aromatic carbocycles. The third-order valence-corrected chi connectivity index (χ3v) is 3.81. The summed E-state index contributed by atoms with van der Waals surface area (Å²) in [6, 6.07) is 7.47. The molecule has 1 unspecified atom stereocenters. The zero-order valence-electron chi connectivity index (χ0n) is 12.0. The first-order valence-corrected chi connectivity index (χ1v) is 7.23. The number of carbonyl (C=O) groups is 1. The highest BCUT2D eigenvalue weighted by atomic mass is 16.5. The van der Waals surface area contributed by atoms with E-state index in [0.29, 0.717) is 12.1 Å². The number of furan rings is 1. The fourth-order valence-corrected chi connectivity index (χ4v) is 2.88. The van der Waals surface area contributed by atoms with Crippen molar-refractivity contribution in [1.82, 2.24) is 4.90 Å². The summed E-state index contributed by atoms with van der Waals surface area (Å²) in [4.78, 5) is 13.7. The maximum absolute atomic E-state index is 11.4. The molecule has 5 nitrogen and oxygen atoms in total. The Morgan fingerprint density at radius 2 is 2.24 bits per heavy atom. The lowest BCUT2D eigenvalue weighted by molar-refractivity contribution is 0.0648. The van der Waals surface area contributed by atoms with Crippen LogP contribution in [0.3, 0.4) is 0 Å². The third-order valence-electron chi connectivity index (χ3n) is 3.81. The van der Waals surface area contributed by atoms with Crippen molar-refractivity contribution in [3.63, 3.8) is 0 Å². The van der Waals surface area contributed by atoms with E-state index in [9.17, 15) is 9.90 Å². The van der Waals surface area contributed by atoms with Gasteiger partial charge in [-0.05, 0) is 19.4 Å². The molecule has 1 aromatic heterocycles. The first-order valence-electron chi connectivity index (χ1n) is 7.23. The molecule has 1 aliphatic rings. The first kappa shape index (κ1) is 14.1. The lowest BCUT2D eigenvalue weighted by atomic mass is 10.1. The minimum atomic E-state index is -1.01. The lowest BCUT2D eigenvalue weighted by Gasteiger charge is -2.21. The van der Waals surface area contributed by atoms with Crippen LogP contribution in [0, 0.1) is 0 Å². The monoisotopic (exact) mass is 289 g/mol. The van der Waals surface area contributed by atoms with Crippen molar-refractivity contribution in [3.8, 4) is 0 Å². The fourth-order valence-electron chi connectivity index (χ4n) is 2.88. The molecule has 0 amide bonds. The molecule has 21 heavy (non-hydrogen) atoms. The van der Waals surface area contributed by atoms with Crippen molar-refractivity contribution in [2.45, 2.75) is 26.0 Å². The summed E-state index contributed by atoms with van der Waals surface area (Å²) in [5.74, 6) is -0.964. The molecule has 0 radical (unpaired) electrons. The molecule has 5 heteroatoms. The zero-order chi connectivity index (χ0) is 14.8. The van der Waals surface area contributed by atoms with Crippen LogP contribution in [0.25, 0.3) is 11.0 Å². The van der Waals surface area contributed by atoms with Crippen LogP contribution >= 0.6 is 0 Å². The Bertz CT molecular complexity index is 649. The molecule has 2 heterocycles. The van der Waals surface area contributed by atoms with Gasteiger partial charge in [-0.3, -0.25) is 4.90 Å². The number of nitrogens with zero attached hydrogens (tertiary/aromatic N) is 1. The summed E-state index contributed by atoms with van der Waals surface area (Å²) in [5.41, 5.74) is 1.39. The summed E-state index contributed by atoms with van der Waals surface area (Å²) in [6.45, 7) is 5.09. The maximum atomic E-state index is 11.4. The predicted octanol–water partition coefficient (Wildman–Crippen LogP) is 2.74. The molecule has 1 aliphatic heterocycles. The number of hydrogen-bond donors (Lipinski definition) is 1. The van der Waals surface area contributed by atoms with Crippen LogP contribution in [0.15, 0.2) is 28.7 Å². The second-order valence-corrected chi connectivity index (χ2v) is 5.48. The molecule has 1 atom stereocenters. The number of aromatic carboxylic acids is 1. The van der Waals surface area contributed by atoms with Crippen LogP contribution in [0.4, 0.5) is 0 Å². The minimum Gasteiger partial charge on any atom is -0.475 e. The second-order valence-electron chi connectivity index (χ2n) is 5.48. The average molecular weight is 289 g/mol. The standard InChI is InChI=1S/C16H19NO4/c1-11-9-17(7-4-8-20-11)10-13-12-5-2-3-6-14(12)21-15(13)16(18)19/h2-3,5-6,11H,4,7-10H2,1H3,(H,18,19). The predicted molar refractivity (Wildman–Crippen MR) is 78.5 cm³/mol. The highest BCUT2D eigenvalue weighted by Crippen LogP contribution is 2.27. The van der Waals surface area contributed by atoms with E-state index in [1.165, 1.54) is 0 Å². The van der Waals surface area contributed by atoms with Crippen LogP contribution in [0.5, 0.6) is 0 Å². The zero-order valence-corrected chi connectivity index (χ0v) is 12.0. The van der Waals surface area contributed by atoms with E-state index in [1.807, 2.05) is 25.1 Å². The van der Waals surface area contributed by atoms with Gasteiger partial charge in [-0.2, -0.15) is 0 Å². The molecule has 1 saturated heterocycles. The van der Waals surface area contributed by atoms with E-state index >= 15 is 0 Å². The number of hydrogen-bond acceptors (Lipinski definition) is 4. The van der Waals surface area contributed by atoms with E-state index in [-0.39, 0.29) is 11.9 Å². The van der Waals surface area contributed by atoms with Gasteiger partial charge in [0.2, 0.25) is 5.76 Å². The van der Waals surface area contributed by atoms with Crippen molar-refractivity contribution in [2.75, 3.05) is 19.7 Å². The van der Waals surface area contributed by atoms with Crippen molar-refractivity contribution in [3.05, 3.63) is 35.6 Å². The Morgan fingerprint density at radius 3 is 3.05 bits per heavy atom. The van der Waals surface area contributed by atoms with Crippen molar-refractivity contribution < 1.29 is 19.1 Å². The molecule has 2 aromatic rings. The van der Waals surface area contributed by atoms with Gasteiger partial charge in [0.25, 0.3) is 0 Å². The molecule has 0 bridgehead atoms. The van der Waals surface area contributed by atoms with Gasteiger partial charge in [-0.1, -0.05) is 18.2 Å². The Balaban J connectivity index is 1.94. The molecule has 3 rings (SSSR count). The first-order chi connectivity index (χ1) is 10.1. The van der Waals surface area contributed by atoms with Gasteiger partial charge in [0, 0.05) is 37.2 Å². The average Bonchev–Trinajstić information content (AvgIpc) is 2.69. The largest absolute Gasteiger partial charge is 0.475 e. The molecule has 1 fully saturated rings. The van der Waals surface area contributed by atoms with Crippen molar-refractivity contribution in [1.29, 1.82) is 0 Å². The second kappa shape index (κ2) is 5.87. The molecular weight excluding hydrogens is 270 g/mol. The van der Waals surface area contributed by atoms with E-state index in [0.717, 1.165) is 37.1 Å². The highest BCUT2D eigenvalue weighted by Gasteiger charge is 2.23. The van der Waals surface area contributed by atoms with Crippen LogP contribution in [0.1, 0.15) is 29.5 Å². The van der Waals surface area contributed by atoms with Crippen LogP contribution < -0.4 is 0 Å². The number of para-hydroxylation sites is 1. The number of ether oxygens (including phenoxy) is 1. The Morgan fingerprint density at radius 1 is 1.43 bits per heavy atom. The van der Waals surface area contributed by atoms with E-state index in [1.54, 1.807) is 6.07 Å². The molecule has 0 aliphatic carbocycles. The number of carboxylic acid groups (broad SMARTS) is 1. The summed E-state index contributed by atoms with van der Waals surface area (Å²) < 4.78 is 11.1. The van der Waals surface area contributed by atoms with Crippen molar-refractivity contribution >= 4 is 16.9 Å². The quantitative estimate of drug-likeness (QED) is 0.941. The van der Waals surface area contributed by atoms with Crippen molar-refractivity contribution in [2.24, 2.45) is 0 Å². The van der Waals surface area contributed by atoms with Crippen LogP contribution in [-0.2, 0) is 11.3 Å². The van der Waals surface area contributed by atoms with E-state index < -0.39 is 5.97 Å².